The van der Waals surface area contributed by atoms with E-state index in [0.717, 1.165) is 58.2 Å². The fourth-order valence-corrected chi connectivity index (χ4v) is 7.04. The number of nitrogens with one attached hydrogen (secondary N) is 1. The number of nitrogens with zero attached hydrogens (tertiary/aromatic N) is 4. The van der Waals surface area contributed by atoms with Gasteiger partial charge in [-0.25, -0.2) is 4.98 Å². The first-order valence-corrected chi connectivity index (χ1v) is 13.4. The van der Waals surface area contributed by atoms with Gasteiger partial charge in [-0.05, 0) is 74.8 Å². The molecule has 1 N–H and O–H groups in total. The summed E-state index contributed by atoms with van der Waals surface area (Å²) in [5, 5.41) is 8.19. The lowest BCUT2D eigenvalue weighted by Gasteiger charge is -2.23. The lowest BCUT2D eigenvalue weighted by Crippen LogP contribution is -2.27. The SMILES string of the molecule is Cc1cc(Nc2cc(-c3ccnc4c3CCc3cc5c6c(sc5c(=O)n3-4)CCCC6)cn(C)c2=O)no1. The fourth-order valence-electron chi connectivity index (χ4n) is 5.74. The van der Waals surface area contributed by atoms with Crippen LogP contribution in [0.25, 0.3) is 27.0 Å². The van der Waals surface area contributed by atoms with Crippen LogP contribution in [0.3, 0.4) is 0 Å². The van der Waals surface area contributed by atoms with Gasteiger partial charge in [0.05, 0.1) is 0 Å². The van der Waals surface area contributed by atoms with Crippen molar-refractivity contribution < 1.29 is 4.52 Å². The number of thiophene rings is 1. The van der Waals surface area contributed by atoms with E-state index in [9.17, 15) is 9.59 Å². The molecule has 0 amide bonds. The van der Waals surface area contributed by atoms with Crippen molar-refractivity contribution in [1.82, 2.24) is 19.3 Å². The van der Waals surface area contributed by atoms with Gasteiger partial charge in [-0.1, -0.05) is 5.16 Å². The van der Waals surface area contributed by atoms with Gasteiger partial charge in [-0.2, -0.15) is 0 Å². The molecule has 0 saturated heterocycles. The minimum atomic E-state index is -0.169. The number of pyridine rings is 3. The molecule has 1 aliphatic carbocycles. The Morgan fingerprint density at radius 2 is 1.89 bits per heavy atom. The molecule has 9 heteroatoms. The molecule has 5 aromatic rings. The van der Waals surface area contributed by atoms with E-state index in [0.29, 0.717) is 23.1 Å². The van der Waals surface area contributed by atoms with Gasteiger partial charge in [0, 0.05) is 52.6 Å². The summed E-state index contributed by atoms with van der Waals surface area (Å²) < 4.78 is 9.34. The summed E-state index contributed by atoms with van der Waals surface area (Å²) in [6.07, 6.45) is 9.62. The van der Waals surface area contributed by atoms with Crippen molar-refractivity contribution in [2.24, 2.45) is 7.05 Å². The number of fused-ring (bicyclic) bond motifs is 6. The quantitative estimate of drug-likeness (QED) is 0.373. The number of hydrogen-bond donors (Lipinski definition) is 1. The van der Waals surface area contributed by atoms with Crippen LogP contribution >= 0.6 is 11.3 Å². The van der Waals surface area contributed by atoms with Crippen LogP contribution in [-0.4, -0.2) is 19.3 Å². The van der Waals surface area contributed by atoms with Crippen LogP contribution in [-0.2, 0) is 32.7 Å². The van der Waals surface area contributed by atoms with Crippen molar-refractivity contribution in [1.29, 1.82) is 0 Å². The van der Waals surface area contributed by atoms with E-state index < -0.39 is 0 Å². The van der Waals surface area contributed by atoms with Crippen LogP contribution < -0.4 is 16.4 Å². The van der Waals surface area contributed by atoms with E-state index >= 15 is 0 Å². The minimum Gasteiger partial charge on any atom is -0.360 e. The van der Waals surface area contributed by atoms with E-state index in [1.165, 1.54) is 23.3 Å². The van der Waals surface area contributed by atoms with Gasteiger partial charge >= 0.3 is 0 Å². The third-order valence-electron chi connectivity index (χ3n) is 7.47. The van der Waals surface area contributed by atoms with Crippen molar-refractivity contribution in [2.75, 3.05) is 5.32 Å². The van der Waals surface area contributed by atoms with Crippen LogP contribution in [0, 0.1) is 6.92 Å². The maximum Gasteiger partial charge on any atom is 0.274 e. The highest BCUT2D eigenvalue weighted by Crippen LogP contribution is 2.38. The first-order chi connectivity index (χ1) is 18.0. The molecule has 37 heavy (non-hydrogen) atoms. The van der Waals surface area contributed by atoms with Crippen LogP contribution in [0.15, 0.2) is 50.8 Å². The Labute approximate surface area is 216 Å². The average molecular weight is 512 g/mol. The molecule has 0 unspecified atom stereocenters. The molecular weight excluding hydrogens is 486 g/mol. The fraction of sp³-hybridized carbons (Fsp3) is 0.286. The highest BCUT2D eigenvalue weighted by molar-refractivity contribution is 7.19. The Bertz CT molecular complexity index is 1840. The van der Waals surface area contributed by atoms with Crippen molar-refractivity contribution >= 4 is 32.9 Å². The summed E-state index contributed by atoms with van der Waals surface area (Å²) in [6, 6.07) is 7.76. The van der Waals surface area contributed by atoms with Crippen LogP contribution in [0.2, 0.25) is 0 Å². The molecule has 8 nitrogen and oxygen atoms in total. The lowest BCUT2D eigenvalue weighted by atomic mass is 9.93. The first-order valence-electron chi connectivity index (χ1n) is 12.6. The number of anilines is 2. The summed E-state index contributed by atoms with van der Waals surface area (Å²) in [5.74, 6) is 1.82. The van der Waals surface area contributed by atoms with E-state index in [-0.39, 0.29) is 11.1 Å². The van der Waals surface area contributed by atoms with Gasteiger partial charge in [0.1, 0.15) is 22.0 Å². The molecule has 0 radical (unpaired) electrons. The van der Waals surface area contributed by atoms with Crippen molar-refractivity contribution in [3.05, 3.63) is 84.8 Å². The van der Waals surface area contributed by atoms with E-state index in [1.807, 2.05) is 22.9 Å². The van der Waals surface area contributed by atoms with Gasteiger partial charge in [0.2, 0.25) is 0 Å². The second-order valence-electron chi connectivity index (χ2n) is 9.90. The zero-order chi connectivity index (χ0) is 25.3. The summed E-state index contributed by atoms with van der Waals surface area (Å²) >= 11 is 1.66. The molecule has 0 fully saturated rings. The largest absolute Gasteiger partial charge is 0.360 e. The number of hydrogen-bond acceptors (Lipinski definition) is 7. The average Bonchev–Trinajstić information content (AvgIpc) is 3.49. The zero-order valence-electron chi connectivity index (χ0n) is 20.6. The molecule has 0 saturated carbocycles. The van der Waals surface area contributed by atoms with Crippen molar-refractivity contribution in [3.8, 4) is 16.9 Å². The van der Waals surface area contributed by atoms with Crippen LogP contribution in [0.5, 0.6) is 0 Å². The number of aromatic nitrogens is 4. The highest BCUT2D eigenvalue weighted by atomic mass is 32.1. The van der Waals surface area contributed by atoms with Gasteiger partial charge in [0.15, 0.2) is 5.82 Å². The van der Waals surface area contributed by atoms with Crippen LogP contribution in [0.4, 0.5) is 11.5 Å². The van der Waals surface area contributed by atoms with Gasteiger partial charge in [-0.15, -0.1) is 11.3 Å². The van der Waals surface area contributed by atoms with Crippen LogP contribution in [0.1, 0.15) is 40.3 Å². The highest BCUT2D eigenvalue weighted by Gasteiger charge is 2.26. The molecule has 2 aliphatic rings. The van der Waals surface area contributed by atoms with Crippen molar-refractivity contribution in [2.45, 2.75) is 45.4 Å². The van der Waals surface area contributed by atoms with E-state index in [1.54, 1.807) is 42.1 Å². The lowest BCUT2D eigenvalue weighted by molar-refractivity contribution is 0.400. The molecule has 7 rings (SSSR count). The second-order valence-corrected chi connectivity index (χ2v) is 11.0. The number of rotatable bonds is 3. The Kier molecular flexibility index (Phi) is 4.97. The molecule has 6 heterocycles. The second kappa shape index (κ2) is 8.27. The molecular formula is C28H25N5O3S. The predicted octanol–water partition coefficient (Wildman–Crippen LogP) is 4.83. The topological polar surface area (TPSA) is 95.0 Å². The molecule has 0 atom stereocenters. The molecule has 1 aliphatic heterocycles. The molecule has 186 valence electrons. The molecule has 5 aromatic heterocycles. The Morgan fingerprint density at radius 1 is 1.03 bits per heavy atom. The number of aryl methyl sites for hydroxylation is 5. The maximum atomic E-state index is 13.8. The van der Waals surface area contributed by atoms with Crippen molar-refractivity contribution in [3.63, 3.8) is 0 Å². The van der Waals surface area contributed by atoms with E-state index in [4.69, 9.17) is 9.51 Å². The molecule has 0 aromatic carbocycles. The maximum absolute atomic E-state index is 13.8. The third kappa shape index (κ3) is 3.48. The molecule has 0 bridgehead atoms. The normalized spacial score (nSPS) is 14.3. The summed E-state index contributed by atoms with van der Waals surface area (Å²) in [5.41, 5.74) is 5.50. The standard InChI is InChI=1S/C28H25N5O3S/c1-15-11-24(31-36-15)30-22-12-16(14-32(2)27(22)34)18-9-10-29-26-20(18)8-7-17-13-21-19-5-3-4-6-23(19)37-25(21)28(35)33(17)26/h9-14H,3-8H2,1-2H3,(H,30,31). The summed E-state index contributed by atoms with van der Waals surface area (Å²) in [4.78, 5) is 32.7. The monoisotopic (exact) mass is 511 g/mol. The summed E-state index contributed by atoms with van der Waals surface area (Å²) in [7, 11) is 1.73. The molecule has 0 spiro atoms. The predicted molar refractivity (Wildman–Crippen MR) is 144 cm³/mol. The smallest absolute Gasteiger partial charge is 0.274 e. The minimum absolute atomic E-state index is 0.0294. The zero-order valence-corrected chi connectivity index (χ0v) is 21.4. The van der Waals surface area contributed by atoms with Gasteiger partial charge in [0.25, 0.3) is 11.1 Å². The Balaban J connectivity index is 1.38. The van der Waals surface area contributed by atoms with E-state index in [2.05, 4.69) is 16.5 Å². The van der Waals surface area contributed by atoms with Gasteiger partial charge in [-0.3, -0.25) is 14.2 Å². The van der Waals surface area contributed by atoms with Gasteiger partial charge < -0.3 is 14.4 Å². The summed E-state index contributed by atoms with van der Waals surface area (Å²) in [6.45, 7) is 1.80. The third-order valence-corrected chi connectivity index (χ3v) is 8.76. The Morgan fingerprint density at radius 3 is 2.73 bits per heavy atom. The Hall–Kier alpha value is -3.98. The first kappa shape index (κ1) is 22.2.